The van der Waals surface area contributed by atoms with Crippen LogP contribution < -0.4 is 15.0 Å². The van der Waals surface area contributed by atoms with Gasteiger partial charge in [-0.15, -0.1) is 0 Å². The molecule has 0 bridgehead atoms. The number of rotatable bonds is 3. The summed E-state index contributed by atoms with van der Waals surface area (Å²) in [5, 5.41) is 3.49. The number of ether oxygens (including phenoxy) is 1. The molecule has 0 radical (unpaired) electrons. The molecule has 0 atom stereocenters. The molecule has 1 heterocycles. The van der Waals surface area contributed by atoms with Crippen LogP contribution in [0.15, 0.2) is 42.5 Å². The first-order chi connectivity index (χ1) is 9.33. The van der Waals surface area contributed by atoms with Gasteiger partial charge in [0.1, 0.15) is 5.69 Å². The van der Waals surface area contributed by atoms with Crippen molar-refractivity contribution in [3.8, 4) is 11.5 Å². The van der Waals surface area contributed by atoms with Gasteiger partial charge in [-0.3, -0.25) is 0 Å². The van der Waals surface area contributed by atoms with Crippen LogP contribution in [-0.4, -0.2) is 13.1 Å². The Kier molecular flexibility index (Phi) is 3.03. The van der Waals surface area contributed by atoms with Crippen LogP contribution in [0.25, 0.3) is 0 Å². The Morgan fingerprint density at radius 1 is 0.947 bits per heavy atom. The first-order valence-electron chi connectivity index (χ1n) is 6.75. The predicted octanol–water partition coefficient (Wildman–Crippen LogP) is 4.38. The standard InChI is InChI=1S/C16H18N2O/c1-3-18(4-2)13-9-7-11-15-16(13)17-12-8-5-6-10-14(12)19-15/h5-11,17H,3-4H2,1-2H3. The first kappa shape index (κ1) is 11.9. The largest absolute Gasteiger partial charge is 0.453 e. The van der Waals surface area contributed by atoms with Crippen molar-refractivity contribution in [1.82, 2.24) is 0 Å². The SMILES string of the molecule is CCN(CC)c1cccc2c1Nc1ccccc1O2. The van der Waals surface area contributed by atoms with E-state index in [1.54, 1.807) is 0 Å². The van der Waals surface area contributed by atoms with Gasteiger partial charge in [0.25, 0.3) is 0 Å². The van der Waals surface area contributed by atoms with Crippen molar-refractivity contribution in [1.29, 1.82) is 0 Å². The molecular formula is C16H18N2O. The first-order valence-corrected chi connectivity index (χ1v) is 6.75. The van der Waals surface area contributed by atoms with E-state index in [0.717, 1.165) is 36.0 Å². The normalized spacial score (nSPS) is 11.9. The Morgan fingerprint density at radius 2 is 1.68 bits per heavy atom. The van der Waals surface area contributed by atoms with Gasteiger partial charge in [-0.25, -0.2) is 0 Å². The highest BCUT2D eigenvalue weighted by Crippen LogP contribution is 2.46. The zero-order chi connectivity index (χ0) is 13.2. The van der Waals surface area contributed by atoms with E-state index < -0.39 is 0 Å². The van der Waals surface area contributed by atoms with Crippen LogP contribution in [0.3, 0.4) is 0 Å². The average Bonchev–Trinajstić information content (AvgIpc) is 2.46. The number of nitrogens with zero attached hydrogens (tertiary/aromatic N) is 1. The Bertz CT molecular complexity index is 591. The van der Waals surface area contributed by atoms with Gasteiger partial charge >= 0.3 is 0 Å². The molecule has 0 aromatic heterocycles. The van der Waals surface area contributed by atoms with Crippen LogP contribution in [0.2, 0.25) is 0 Å². The minimum Gasteiger partial charge on any atom is -0.453 e. The Labute approximate surface area is 113 Å². The van der Waals surface area contributed by atoms with Gasteiger partial charge in [-0.2, -0.15) is 0 Å². The molecule has 2 aromatic rings. The van der Waals surface area contributed by atoms with Gasteiger partial charge < -0.3 is 15.0 Å². The van der Waals surface area contributed by atoms with Crippen LogP contribution in [0, 0.1) is 0 Å². The molecular weight excluding hydrogens is 236 g/mol. The number of nitrogens with one attached hydrogen (secondary N) is 1. The summed E-state index contributed by atoms with van der Waals surface area (Å²) in [7, 11) is 0. The molecule has 3 rings (SSSR count). The van der Waals surface area contributed by atoms with E-state index >= 15 is 0 Å². The van der Waals surface area contributed by atoms with Crippen LogP contribution in [0.5, 0.6) is 11.5 Å². The summed E-state index contributed by atoms with van der Waals surface area (Å²) in [5.74, 6) is 1.77. The smallest absolute Gasteiger partial charge is 0.153 e. The molecule has 0 spiro atoms. The quantitative estimate of drug-likeness (QED) is 0.750. The average molecular weight is 254 g/mol. The summed E-state index contributed by atoms with van der Waals surface area (Å²) < 4.78 is 5.97. The Morgan fingerprint density at radius 3 is 2.47 bits per heavy atom. The van der Waals surface area contributed by atoms with Gasteiger partial charge in [0, 0.05) is 13.1 Å². The summed E-state index contributed by atoms with van der Waals surface area (Å²) >= 11 is 0. The van der Waals surface area contributed by atoms with Crippen molar-refractivity contribution in [3.63, 3.8) is 0 Å². The highest BCUT2D eigenvalue weighted by Gasteiger charge is 2.20. The van der Waals surface area contributed by atoms with Gasteiger partial charge in [-0.05, 0) is 38.1 Å². The second-order valence-electron chi connectivity index (χ2n) is 4.55. The van der Waals surface area contributed by atoms with E-state index in [1.807, 2.05) is 36.4 Å². The molecule has 3 nitrogen and oxygen atoms in total. The van der Waals surface area contributed by atoms with E-state index in [-0.39, 0.29) is 0 Å². The number of hydrogen-bond donors (Lipinski definition) is 1. The number of anilines is 3. The van der Waals surface area contributed by atoms with E-state index in [4.69, 9.17) is 4.74 Å². The number of benzene rings is 2. The summed E-state index contributed by atoms with van der Waals surface area (Å²) in [6.07, 6.45) is 0. The molecule has 0 fully saturated rings. The lowest BCUT2D eigenvalue weighted by atomic mass is 10.1. The number of para-hydroxylation sites is 3. The molecule has 1 aliphatic rings. The van der Waals surface area contributed by atoms with Crippen LogP contribution in [0.1, 0.15) is 13.8 Å². The lowest BCUT2D eigenvalue weighted by Crippen LogP contribution is -2.23. The highest BCUT2D eigenvalue weighted by atomic mass is 16.5. The minimum atomic E-state index is 0.881. The highest BCUT2D eigenvalue weighted by molar-refractivity contribution is 5.85. The lowest BCUT2D eigenvalue weighted by Gasteiger charge is -2.29. The van der Waals surface area contributed by atoms with E-state index in [2.05, 4.69) is 30.1 Å². The zero-order valence-corrected chi connectivity index (χ0v) is 11.3. The van der Waals surface area contributed by atoms with Gasteiger partial charge in [0.15, 0.2) is 11.5 Å². The van der Waals surface area contributed by atoms with Crippen LogP contribution in [0.4, 0.5) is 17.1 Å². The van der Waals surface area contributed by atoms with Gasteiger partial charge in [-0.1, -0.05) is 18.2 Å². The summed E-state index contributed by atoms with van der Waals surface area (Å²) in [6, 6.07) is 14.2. The molecule has 2 aromatic carbocycles. The van der Waals surface area contributed by atoms with Gasteiger partial charge in [0.05, 0.1) is 11.4 Å². The molecule has 3 heteroatoms. The van der Waals surface area contributed by atoms with Crippen molar-refractivity contribution >= 4 is 17.1 Å². The molecule has 0 unspecified atom stereocenters. The van der Waals surface area contributed by atoms with Crippen molar-refractivity contribution in [2.45, 2.75) is 13.8 Å². The van der Waals surface area contributed by atoms with Crippen LogP contribution in [-0.2, 0) is 0 Å². The van der Waals surface area contributed by atoms with Crippen molar-refractivity contribution in [2.75, 3.05) is 23.3 Å². The van der Waals surface area contributed by atoms with Crippen molar-refractivity contribution in [2.24, 2.45) is 0 Å². The van der Waals surface area contributed by atoms with E-state index in [9.17, 15) is 0 Å². The fourth-order valence-electron chi connectivity index (χ4n) is 2.47. The third kappa shape index (κ3) is 2.01. The maximum atomic E-state index is 5.97. The molecule has 0 aliphatic carbocycles. The van der Waals surface area contributed by atoms with E-state index in [1.165, 1.54) is 5.69 Å². The Hall–Kier alpha value is -2.16. The molecule has 0 saturated heterocycles. The predicted molar refractivity (Wildman–Crippen MR) is 79.8 cm³/mol. The van der Waals surface area contributed by atoms with Gasteiger partial charge in [0.2, 0.25) is 0 Å². The fraction of sp³-hybridized carbons (Fsp3) is 0.250. The van der Waals surface area contributed by atoms with Crippen LogP contribution >= 0.6 is 0 Å². The number of hydrogen-bond acceptors (Lipinski definition) is 3. The summed E-state index contributed by atoms with van der Waals surface area (Å²) in [4.78, 5) is 2.32. The van der Waals surface area contributed by atoms with Crippen molar-refractivity contribution < 1.29 is 4.74 Å². The lowest BCUT2D eigenvalue weighted by molar-refractivity contribution is 0.481. The van der Waals surface area contributed by atoms with E-state index in [0.29, 0.717) is 0 Å². The third-order valence-electron chi connectivity index (χ3n) is 3.48. The summed E-state index contributed by atoms with van der Waals surface area (Å²) in [6.45, 7) is 6.30. The third-order valence-corrected chi connectivity index (χ3v) is 3.48. The molecule has 1 N–H and O–H groups in total. The molecule has 1 aliphatic heterocycles. The second kappa shape index (κ2) is 4.84. The second-order valence-corrected chi connectivity index (χ2v) is 4.55. The zero-order valence-electron chi connectivity index (χ0n) is 11.3. The van der Waals surface area contributed by atoms with Crippen molar-refractivity contribution in [3.05, 3.63) is 42.5 Å². The molecule has 0 saturated carbocycles. The number of fused-ring (bicyclic) bond motifs is 2. The fourth-order valence-corrected chi connectivity index (χ4v) is 2.47. The Balaban J connectivity index is 2.06. The molecule has 0 amide bonds. The summed E-state index contributed by atoms with van der Waals surface area (Å²) in [5.41, 5.74) is 3.27. The maximum Gasteiger partial charge on any atom is 0.153 e. The minimum absolute atomic E-state index is 0.881. The topological polar surface area (TPSA) is 24.5 Å². The molecule has 98 valence electrons. The monoisotopic (exact) mass is 254 g/mol. The molecule has 19 heavy (non-hydrogen) atoms. The maximum absolute atomic E-state index is 5.97.